The summed E-state index contributed by atoms with van der Waals surface area (Å²) in [4.78, 5) is 17.1. The largest absolute Gasteiger partial charge is 0.445 e. The van der Waals surface area contributed by atoms with Crippen LogP contribution in [0.4, 0.5) is 13.2 Å². The second-order valence-corrected chi connectivity index (χ2v) is 7.98. The summed E-state index contributed by atoms with van der Waals surface area (Å²) in [5, 5.41) is 2.97. The van der Waals surface area contributed by atoms with E-state index in [1.54, 1.807) is 6.07 Å². The van der Waals surface area contributed by atoms with Crippen LogP contribution in [0, 0.1) is 0 Å². The Balaban J connectivity index is 1.60. The Morgan fingerprint density at radius 2 is 1.87 bits per heavy atom. The number of hydrogen-bond donors (Lipinski definition) is 1. The van der Waals surface area contributed by atoms with Gasteiger partial charge in [0.1, 0.15) is 6.10 Å². The third-order valence-corrected chi connectivity index (χ3v) is 6.03. The van der Waals surface area contributed by atoms with Crippen molar-refractivity contribution in [3.63, 3.8) is 0 Å². The molecule has 1 N–H and O–H groups in total. The number of nitrogens with zero attached hydrogens (tertiary/aromatic N) is 1. The average molecular weight is 422 g/mol. The van der Waals surface area contributed by atoms with Crippen LogP contribution in [-0.2, 0) is 10.9 Å². The van der Waals surface area contributed by atoms with Crippen LogP contribution >= 0.6 is 0 Å². The number of amides is 1. The quantitative estimate of drug-likeness (QED) is 0.671. The predicted octanol–water partition coefficient (Wildman–Crippen LogP) is 5.39. The minimum atomic E-state index is -4.43. The molecular formula is C22H25F3N2O3. The van der Waals surface area contributed by atoms with Gasteiger partial charge in [-0.15, -0.1) is 0 Å². The standard InChI is InChI=1S/C22H25F3N2O3/c23-22(24,25)16-9-5-4-7-14(16)15-8-2-1-3-10-17(15)27-21(28)19-20(30-13-26-19)18-11-6-12-29-18/h4-5,7,9,13,15,17-18H,1-3,6,8,10-12H2,(H,27,28)/t15-,17+,18+/m0/s1. The van der Waals surface area contributed by atoms with Crippen LogP contribution in [0.1, 0.15) is 84.3 Å². The molecule has 5 nitrogen and oxygen atoms in total. The topological polar surface area (TPSA) is 64.4 Å². The Morgan fingerprint density at radius 1 is 1.07 bits per heavy atom. The molecule has 1 saturated heterocycles. The highest BCUT2D eigenvalue weighted by molar-refractivity contribution is 5.93. The molecule has 1 aliphatic heterocycles. The molecule has 0 radical (unpaired) electrons. The van der Waals surface area contributed by atoms with Gasteiger partial charge in [-0.3, -0.25) is 4.79 Å². The van der Waals surface area contributed by atoms with Gasteiger partial charge in [0.05, 0.1) is 5.56 Å². The van der Waals surface area contributed by atoms with Crippen molar-refractivity contribution < 1.29 is 27.1 Å². The molecular weight excluding hydrogens is 397 g/mol. The zero-order valence-corrected chi connectivity index (χ0v) is 16.6. The van der Waals surface area contributed by atoms with Gasteiger partial charge in [-0.25, -0.2) is 4.98 Å². The lowest BCUT2D eigenvalue weighted by Gasteiger charge is -2.28. The monoisotopic (exact) mass is 422 g/mol. The summed E-state index contributed by atoms with van der Waals surface area (Å²) in [6.45, 7) is 0.603. The molecule has 2 aromatic rings. The number of halogens is 3. The van der Waals surface area contributed by atoms with Crippen molar-refractivity contribution in [2.45, 2.75) is 69.2 Å². The molecule has 0 spiro atoms. The van der Waals surface area contributed by atoms with Crippen LogP contribution in [0.5, 0.6) is 0 Å². The normalized spacial score (nSPS) is 25.1. The van der Waals surface area contributed by atoms with Gasteiger partial charge in [-0.1, -0.05) is 37.5 Å². The molecule has 1 saturated carbocycles. The number of nitrogens with one attached hydrogen (secondary N) is 1. The molecule has 1 amide bonds. The molecule has 8 heteroatoms. The van der Waals surface area contributed by atoms with E-state index in [9.17, 15) is 18.0 Å². The van der Waals surface area contributed by atoms with Gasteiger partial charge in [0.15, 0.2) is 17.8 Å². The number of alkyl halides is 3. The van der Waals surface area contributed by atoms with Gasteiger partial charge in [0.25, 0.3) is 5.91 Å². The van der Waals surface area contributed by atoms with Gasteiger partial charge in [-0.2, -0.15) is 13.2 Å². The molecule has 0 bridgehead atoms. The van der Waals surface area contributed by atoms with E-state index in [0.717, 1.165) is 38.2 Å². The number of benzene rings is 1. The van der Waals surface area contributed by atoms with Crippen molar-refractivity contribution >= 4 is 5.91 Å². The second-order valence-electron chi connectivity index (χ2n) is 7.98. The first-order valence-electron chi connectivity index (χ1n) is 10.5. The molecule has 162 valence electrons. The highest BCUT2D eigenvalue weighted by atomic mass is 19.4. The fourth-order valence-corrected chi connectivity index (χ4v) is 4.61. The predicted molar refractivity (Wildman–Crippen MR) is 103 cm³/mol. The SMILES string of the molecule is O=C(N[C@@H]1CCCCC[C@H]1c1ccccc1C(F)(F)F)c1ncoc1[C@H]1CCCO1. The minimum Gasteiger partial charge on any atom is -0.445 e. The fraction of sp³-hybridized carbons (Fsp3) is 0.545. The number of aromatic nitrogens is 1. The summed E-state index contributed by atoms with van der Waals surface area (Å²) < 4.78 is 51.9. The maximum Gasteiger partial charge on any atom is 0.416 e. The minimum absolute atomic E-state index is 0.161. The molecule has 3 atom stereocenters. The van der Waals surface area contributed by atoms with Crippen LogP contribution in [0.3, 0.4) is 0 Å². The van der Waals surface area contributed by atoms with Crippen molar-refractivity contribution in [2.24, 2.45) is 0 Å². The van der Waals surface area contributed by atoms with E-state index in [1.165, 1.54) is 18.5 Å². The lowest BCUT2D eigenvalue weighted by molar-refractivity contribution is -0.138. The maximum atomic E-state index is 13.6. The van der Waals surface area contributed by atoms with Crippen molar-refractivity contribution in [3.8, 4) is 0 Å². The molecule has 1 aromatic carbocycles. The Kier molecular flexibility index (Phi) is 6.13. The molecule has 4 rings (SSSR count). The molecule has 2 fully saturated rings. The van der Waals surface area contributed by atoms with Gasteiger partial charge in [0, 0.05) is 18.6 Å². The van der Waals surface area contributed by atoms with E-state index >= 15 is 0 Å². The molecule has 2 heterocycles. The highest BCUT2D eigenvalue weighted by Crippen LogP contribution is 2.40. The first kappa shape index (κ1) is 20.9. The summed E-state index contributed by atoms with van der Waals surface area (Å²) in [5.41, 5.74) is -0.219. The summed E-state index contributed by atoms with van der Waals surface area (Å²) in [5.74, 6) is -0.436. The lowest BCUT2D eigenvalue weighted by atomic mass is 9.84. The van der Waals surface area contributed by atoms with Crippen molar-refractivity contribution in [1.82, 2.24) is 10.3 Å². The van der Waals surface area contributed by atoms with Gasteiger partial charge in [-0.05, 0) is 37.3 Å². The van der Waals surface area contributed by atoms with Crippen LogP contribution < -0.4 is 5.32 Å². The maximum absolute atomic E-state index is 13.6. The van der Waals surface area contributed by atoms with E-state index in [0.29, 0.717) is 25.2 Å². The zero-order valence-electron chi connectivity index (χ0n) is 16.6. The van der Waals surface area contributed by atoms with Crippen LogP contribution in [-0.4, -0.2) is 23.5 Å². The Hall–Kier alpha value is -2.35. The van der Waals surface area contributed by atoms with Crippen LogP contribution in [0.25, 0.3) is 0 Å². The van der Waals surface area contributed by atoms with E-state index in [1.807, 2.05) is 0 Å². The molecule has 0 unspecified atom stereocenters. The van der Waals surface area contributed by atoms with E-state index in [-0.39, 0.29) is 17.4 Å². The Bertz CT molecular complexity index is 875. The lowest BCUT2D eigenvalue weighted by Crippen LogP contribution is -2.40. The van der Waals surface area contributed by atoms with Gasteiger partial charge in [0.2, 0.25) is 0 Å². The highest BCUT2D eigenvalue weighted by Gasteiger charge is 2.38. The number of hydrogen-bond acceptors (Lipinski definition) is 4. The third-order valence-electron chi connectivity index (χ3n) is 6.03. The van der Waals surface area contributed by atoms with Crippen molar-refractivity contribution in [1.29, 1.82) is 0 Å². The molecule has 30 heavy (non-hydrogen) atoms. The van der Waals surface area contributed by atoms with Gasteiger partial charge >= 0.3 is 6.18 Å². The van der Waals surface area contributed by atoms with E-state index in [4.69, 9.17) is 9.15 Å². The Labute approximate surface area is 173 Å². The van der Waals surface area contributed by atoms with Crippen molar-refractivity contribution in [3.05, 3.63) is 53.2 Å². The molecule has 1 aliphatic carbocycles. The number of carbonyl (C=O) groups excluding carboxylic acids is 1. The summed E-state index contributed by atoms with van der Waals surface area (Å²) in [6.07, 6.45) is 1.94. The average Bonchev–Trinajstić information content (AvgIpc) is 3.36. The Morgan fingerprint density at radius 3 is 2.63 bits per heavy atom. The van der Waals surface area contributed by atoms with Crippen molar-refractivity contribution in [2.75, 3.05) is 6.61 Å². The first-order chi connectivity index (χ1) is 14.4. The smallest absolute Gasteiger partial charge is 0.416 e. The summed E-state index contributed by atoms with van der Waals surface area (Å²) in [6, 6.07) is 5.28. The number of oxazole rings is 1. The van der Waals surface area contributed by atoms with E-state index in [2.05, 4.69) is 10.3 Å². The van der Waals surface area contributed by atoms with E-state index < -0.39 is 29.6 Å². The first-order valence-corrected chi connectivity index (χ1v) is 10.5. The third kappa shape index (κ3) is 4.38. The number of rotatable bonds is 4. The summed E-state index contributed by atoms with van der Waals surface area (Å²) in [7, 11) is 0. The second kappa shape index (κ2) is 8.79. The van der Waals surface area contributed by atoms with Crippen LogP contribution in [0.2, 0.25) is 0 Å². The number of carbonyl (C=O) groups is 1. The molecule has 1 aromatic heterocycles. The number of ether oxygens (including phenoxy) is 1. The fourth-order valence-electron chi connectivity index (χ4n) is 4.61. The molecule has 2 aliphatic rings. The zero-order chi connectivity index (χ0) is 21.1. The van der Waals surface area contributed by atoms with Crippen LogP contribution in [0.15, 0.2) is 35.1 Å². The summed E-state index contributed by atoms with van der Waals surface area (Å²) >= 11 is 0. The van der Waals surface area contributed by atoms with Gasteiger partial charge < -0.3 is 14.5 Å².